The standard InChI is InChI=1S/C17H20BrN3O/c1-2-10-19-17(20-11-9-16-4-3-12-22-16)21-13-14-5-7-15(18)8-6-14/h2-8,12H,1,9-11,13H2,(H2,19,20,21). The zero-order valence-electron chi connectivity index (χ0n) is 12.4. The summed E-state index contributed by atoms with van der Waals surface area (Å²) in [6.45, 7) is 5.78. The lowest BCUT2D eigenvalue weighted by atomic mass is 10.2. The van der Waals surface area contributed by atoms with Gasteiger partial charge in [0.2, 0.25) is 0 Å². The van der Waals surface area contributed by atoms with Crippen LogP contribution in [0, 0.1) is 0 Å². The van der Waals surface area contributed by atoms with E-state index in [0.717, 1.165) is 34.7 Å². The van der Waals surface area contributed by atoms with Crippen LogP contribution in [0.3, 0.4) is 0 Å². The van der Waals surface area contributed by atoms with Gasteiger partial charge in [-0.1, -0.05) is 34.1 Å². The number of guanidine groups is 1. The lowest BCUT2D eigenvalue weighted by Crippen LogP contribution is -2.38. The lowest BCUT2D eigenvalue weighted by molar-refractivity contribution is 0.507. The van der Waals surface area contributed by atoms with E-state index >= 15 is 0 Å². The smallest absolute Gasteiger partial charge is 0.191 e. The summed E-state index contributed by atoms with van der Waals surface area (Å²) in [7, 11) is 0. The molecule has 0 amide bonds. The highest BCUT2D eigenvalue weighted by molar-refractivity contribution is 9.10. The van der Waals surface area contributed by atoms with Crippen LogP contribution in [-0.2, 0) is 13.0 Å². The number of benzene rings is 1. The van der Waals surface area contributed by atoms with Gasteiger partial charge in [0.25, 0.3) is 0 Å². The number of nitrogens with one attached hydrogen (secondary N) is 2. The maximum Gasteiger partial charge on any atom is 0.191 e. The molecule has 0 unspecified atom stereocenters. The average Bonchev–Trinajstić information content (AvgIpc) is 3.04. The summed E-state index contributed by atoms with van der Waals surface area (Å²) in [5.41, 5.74) is 1.16. The van der Waals surface area contributed by atoms with Crippen LogP contribution in [0.4, 0.5) is 0 Å². The first-order valence-corrected chi connectivity index (χ1v) is 7.97. The van der Waals surface area contributed by atoms with Crippen LogP contribution in [0.15, 0.2) is 69.2 Å². The maximum absolute atomic E-state index is 5.32. The predicted octanol–water partition coefficient (Wildman–Crippen LogP) is 3.51. The fraction of sp³-hybridized carbons (Fsp3) is 0.235. The van der Waals surface area contributed by atoms with E-state index < -0.39 is 0 Å². The molecule has 0 saturated heterocycles. The fourth-order valence-corrected chi connectivity index (χ4v) is 2.13. The summed E-state index contributed by atoms with van der Waals surface area (Å²) < 4.78 is 6.39. The van der Waals surface area contributed by atoms with Crippen LogP contribution in [-0.4, -0.2) is 19.0 Å². The number of hydrogen-bond donors (Lipinski definition) is 2. The number of aliphatic imine (C=N–C) groups is 1. The molecule has 0 bridgehead atoms. The van der Waals surface area contributed by atoms with Crippen LogP contribution in [0.5, 0.6) is 0 Å². The molecule has 0 fully saturated rings. The predicted molar refractivity (Wildman–Crippen MR) is 93.9 cm³/mol. The minimum Gasteiger partial charge on any atom is -0.469 e. The molecule has 0 aliphatic rings. The van der Waals surface area contributed by atoms with Crippen molar-refractivity contribution in [1.82, 2.24) is 10.6 Å². The first-order chi connectivity index (χ1) is 10.8. The monoisotopic (exact) mass is 361 g/mol. The van der Waals surface area contributed by atoms with Crippen molar-refractivity contribution in [3.63, 3.8) is 0 Å². The molecule has 2 N–H and O–H groups in total. The van der Waals surface area contributed by atoms with E-state index in [1.165, 1.54) is 0 Å². The van der Waals surface area contributed by atoms with Crippen molar-refractivity contribution >= 4 is 21.9 Å². The summed E-state index contributed by atoms with van der Waals surface area (Å²) in [5, 5.41) is 6.51. The zero-order valence-corrected chi connectivity index (χ0v) is 14.0. The van der Waals surface area contributed by atoms with Crippen molar-refractivity contribution in [2.75, 3.05) is 13.1 Å². The molecular formula is C17H20BrN3O. The van der Waals surface area contributed by atoms with E-state index in [-0.39, 0.29) is 0 Å². The SMILES string of the molecule is C=CCNC(=NCc1ccc(Br)cc1)NCCc1ccco1. The minimum atomic E-state index is 0.626. The van der Waals surface area contributed by atoms with E-state index in [1.807, 2.05) is 30.3 Å². The third-order valence-corrected chi connectivity index (χ3v) is 3.52. The Kier molecular flexibility index (Phi) is 6.77. The van der Waals surface area contributed by atoms with Gasteiger partial charge in [0.15, 0.2) is 5.96 Å². The van der Waals surface area contributed by atoms with Gasteiger partial charge in [0.05, 0.1) is 12.8 Å². The van der Waals surface area contributed by atoms with Crippen molar-refractivity contribution in [1.29, 1.82) is 0 Å². The van der Waals surface area contributed by atoms with E-state index in [9.17, 15) is 0 Å². The van der Waals surface area contributed by atoms with Gasteiger partial charge in [0, 0.05) is 24.0 Å². The van der Waals surface area contributed by atoms with Gasteiger partial charge in [-0.2, -0.15) is 0 Å². The van der Waals surface area contributed by atoms with E-state index in [2.05, 4.69) is 50.3 Å². The molecule has 2 aromatic rings. The molecule has 0 aliphatic heterocycles. The molecule has 2 rings (SSSR count). The molecule has 0 aliphatic carbocycles. The lowest BCUT2D eigenvalue weighted by Gasteiger charge is -2.11. The molecule has 0 atom stereocenters. The Hall–Kier alpha value is -2.01. The number of halogens is 1. The quantitative estimate of drug-likeness (QED) is 0.450. The fourth-order valence-electron chi connectivity index (χ4n) is 1.86. The highest BCUT2D eigenvalue weighted by Gasteiger charge is 2.00. The Morgan fingerprint density at radius 2 is 2.05 bits per heavy atom. The van der Waals surface area contributed by atoms with Gasteiger partial charge in [0.1, 0.15) is 5.76 Å². The topological polar surface area (TPSA) is 49.6 Å². The van der Waals surface area contributed by atoms with Gasteiger partial charge in [-0.15, -0.1) is 6.58 Å². The molecule has 0 spiro atoms. The van der Waals surface area contributed by atoms with Crippen LogP contribution in [0.25, 0.3) is 0 Å². The third kappa shape index (κ3) is 5.77. The summed E-state index contributed by atoms with van der Waals surface area (Å²) >= 11 is 3.43. The van der Waals surface area contributed by atoms with E-state index in [0.29, 0.717) is 13.1 Å². The Labute approximate surface area is 139 Å². The number of hydrogen-bond acceptors (Lipinski definition) is 2. The molecule has 116 valence electrons. The van der Waals surface area contributed by atoms with Crippen molar-refractivity contribution in [3.05, 3.63) is 71.1 Å². The molecule has 1 aromatic carbocycles. The molecule has 0 saturated carbocycles. The normalized spacial score (nSPS) is 11.2. The Morgan fingerprint density at radius 1 is 1.23 bits per heavy atom. The Morgan fingerprint density at radius 3 is 2.73 bits per heavy atom. The second kappa shape index (κ2) is 9.10. The Balaban J connectivity index is 1.87. The van der Waals surface area contributed by atoms with E-state index in [4.69, 9.17) is 4.42 Å². The molecule has 4 nitrogen and oxygen atoms in total. The molecule has 5 heteroatoms. The molecule has 0 radical (unpaired) electrons. The highest BCUT2D eigenvalue weighted by atomic mass is 79.9. The number of furan rings is 1. The van der Waals surface area contributed by atoms with Gasteiger partial charge in [-0.25, -0.2) is 4.99 Å². The summed E-state index contributed by atoms with van der Waals surface area (Å²) in [6.07, 6.45) is 4.32. The molecule has 1 heterocycles. The first kappa shape index (κ1) is 16.4. The van der Waals surface area contributed by atoms with Gasteiger partial charge in [-0.3, -0.25) is 0 Å². The van der Waals surface area contributed by atoms with Crippen LogP contribution in [0.1, 0.15) is 11.3 Å². The number of rotatable bonds is 7. The Bertz CT molecular complexity index is 591. The van der Waals surface area contributed by atoms with Gasteiger partial charge < -0.3 is 15.1 Å². The van der Waals surface area contributed by atoms with Crippen molar-refractivity contribution in [2.24, 2.45) is 4.99 Å². The second-order valence-corrected chi connectivity index (χ2v) is 5.63. The molecule has 1 aromatic heterocycles. The maximum atomic E-state index is 5.32. The summed E-state index contributed by atoms with van der Waals surface area (Å²) in [4.78, 5) is 4.58. The average molecular weight is 362 g/mol. The van der Waals surface area contributed by atoms with Crippen LogP contribution < -0.4 is 10.6 Å². The van der Waals surface area contributed by atoms with E-state index in [1.54, 1.807) is 6.26 Å². The van der Waals surface area contributed by atoms with Crippen molar-refractivity contribution < 1.29 is 4.42 Å². The van der Waals surface area contributed by atoms with Crippen molar-refractivity contribution in [3.8, 4) is 0 Å². The first-order valence-electron chi connectivity index (χ1n) is 7.18. The second-order valence-electron chi connectivity index (χ2n) is 4.72. The minimum absolute atomic E-state index is 0.626. The molecule has 22 heavy (non-hydrogen) atoms. The zero-order chi connectivity index (χ0) is 15.6. The third-order valence-electron chi connectivity index (χ3n) is 2.99. The van der Waals surface area contributed by atoms with Crippen LogP contribution in [0.2, 0.25) is 0 Å². The van der Waals surface area contributed by atoms with Gasteiger partial charge in [-0.05, 0) is 29.8 Å². The molecular weight excluding hydrogens is 342 g/mol. The summed E-state index contributed by atoms with van der Waals surface area (Å²) in [5.74, 6) is 1.73. The highest BCUT2D eigenvalue weighted by Crippen LogP contribution is 2.11. The van der Waals surface area contributed by atoms with Crippen LogP contribution >= 0.6 is 15.9 Å². The number of nitrogens with zero attached hydrogens (tertiary/aromatic N) is 1. The largest absolute Gasteiger partial charge is 0.469 e. The van der Waals surface area contributed by atoms with Crippen molar-refractivity contribution in [2.45, 2.75) is 13.0 Å². The van der Waals surface area contributed by atoms with Gasteiger partial charge >= 0.3 is 0 Å². The summed E-state index contributed by atoms with van der Waals surface area (Å²) in [6, 6.07) is 12.0.